The number of ether oxygens (including phenoxy) is 2. The van der Waals surface area contributed by atoms with Crippen LogP contribution in [0.4, 0.5) is 0 Å². The molecule has 3 atom stereocenters. The van der Waals surface area contributed by atoms with Crippen LogP contribution in [0.2, 0.25) is 0 Å². The van der Waals surface area contributed by atoms with Gasteiger partial charge in [0.1, 0.15) is 19.3 Å². The molecule has 0 rings (SSSR count). The maximum absolute atomic E-state index is 11.9. The minimum absolute atomic E-state index is 0.0721. The van der Waals surface area contributed by atoms with Gasteiger partial charge >= 0.3 is 11.9 Å². The van der Waals surface area contributed by atoms with E-state index in [0.29, 0.717) is 19.3 Å². The lowest BCUT2D eigenvalue weighted by molar-refractivity contribution is -0.152. The van der Waals surface area contributed by atoms with E-state index >= 15 is 0 Å². The molecule has 0 aliphatic rings. The van der Waals surface area contributed by atoms with Crippen LogP contribution in [0.5, 0.6) is 0 Å². The molecule has 0 heterocycles. The smallest absolute Gasteiger partial charge is 0.305 e. The first-order chi connectivity index (χ1) is 20.9. The van der Waals surface area contributed by atoms with Crippen LogP contribution in [0.1, 0.15) is 149 Å². The van der Waals surface area contributed by atoms with Crippen LogP contribution in [0.25, 0.3) is 0 Å². The molecule has 0 fully saturated rings. The highest BCUT2D eigenvalue weighted by Gasteiger charge is 2.16. The average molecular weight is 609 g/mol. The van der Waals surface area contributed by atoms with Crippen LogP contribution in [0, 0.1) is 0 Å². The van der Waals surface area contributed by atoms with Crippen molar-refractivity contribution >= 4 is 11.9 Å². The Labute approximate surface area is 262 Å². The first kappa shape index (κ1) is 41.0. The van der Waals surface area contributed by atoms with E-state index in [1.165, 1.54) is 64.2 Å². The minimum atomic E-state index is -1.07. The predicted molar refractivity (Wildman–Crippen MR) is 176 cm³/mol. The third kappa shape index (κ3) is 29.9. The molecule has 43 heavy (non-hydrogen) atoms. The summed E-state index contributed by atoms with van der Waals surface area (Å²) in [5, 5.41) is 30.2. The molecule has 0 aromatic carbocycles. The molecule has 0 radical (unpaired) electrons. The molecule has 2 unspecified atom stereocenters. The molecule has 250 valence electrons. The lowest BCUT2D eigenvalue weighted by Gasteiger charge is -2.16. The molecular weight excluding hydrogens is 544 g/mol. The molecule has 0 amide bonds. The number of hydrogen-bond donors (Lipinski definition) is 3. The summed E-state index contributed by atoms with van der Waals surface area (Å²) >= 11 is 0. The van der Waals surface area contributed by atoms with Gasteiger partial charge in [0.25, 0.3) is 0 Å². The maximum Gasteiger partial charge on any atom is 0.305 e. The van der Waals surface area contributed by atoms with Crippen LogP contribution in [0.15, 0.2) is 36.5 Å². The van der Waals surface area contributed by atoms with Crippen molar-refractivity contribution in [2.45, 2.75) is 167 Å². The van der Waals surface area contributed by atoms with Gasteiger partial charge in [-0.15, -0.1) is 0 Å². The second-order valence-corrected chi connectivity index (χ2v) is 11.6. The largest absolute Gasteiger partial charge is 0.463 e. The summed E-state index contributed by atoms with van der Waals surface area (Å²) in [5.41, 5.74) is 0. The quantitative estimate of drug-likeness (QED) is 0.0429. The van der Waals surface area contributed by atoms with E-state index in [2.05, 4.69) is 38.2 Å². The van der Waals surface area contributed by atoms with Crippen LogP contribution in [0.3, 0.4) is 0 Å². The number of aliphatic hydroxyl groups excluding tert-OH is 3. The van der Waals surface area contributed by atoms with E-state index in [-0.39, 0.29) is 32.0 Å². The van der Waals surface area contributed by atoms with E-state index < -0.39 is 24.3 Å². The molecule has 0 aromatic heterocycles. The summed E-state index contributed by atoms with van der Waals surface area (Å²) in [4.78, 5) is 23.8. The van der Waals surface area contributed by atoms with Gasteiger partial charge in [0.2, 0.25) is 0 Å². The molecule has 0 bridgehead atoms. The van der Waals surface area contributed by atoms with Crippen molar-refractivity contribution in [1.82, 2.24) is 0 Å². The highest BCUT2D eigenvalue weighted by molar-refractivity contribution is 5.69. The van der Waals surface area contributed by atoms with Gasteiger partial charge < -0.3 is 24.8 Å². The minimum Gasteiger partial charge on any atom is -0.463 e. The van der Waals surface area contributed by atoms with Gasteiger partial charge in [-0.1, -0.05) is 121 Å². The Bertz CT molecular complexity index is 731. The van der Waals surface area contributed by atoms with Crippen molar-refractivity contribution in [2.75, 3.05) is 13.2 Å². The number of rotatable bonds is 30. The fraction of sp³-hybridized carbons (Fsp3) is 0.778. The van der Waals surface area contributed by atoms with Gasteiger partial charge in [0.05, 0.1) is 12.2 Å². The van der Waals surface area contributed by atoms with Crippen molar-refractivity contribution in [3.8, 4) is 0 Å². The molecule has 0 saturated carbocycles. The van der Waals surface area contributed by atoms with Crippen molar-refractivity contribution in [2.24, 2.45) is 0 Å². The predicted octanol–water partition coefficient (Wildman–Crippen LogP) is 8.06. The van der Waals surface area contributed by atoms with Gasteiger partial charge in [-0.2, -0.15) is 0 Å². The van der Waals surface area contributed by atoms with Crippen LogP contribution < -0.4 is 0 Å². The normalized spacial score (nSPS) is 14.1. The first-order valence-corrected chi connectivity index (χ1v) is 17.2. The molecular formula is C36H64O7. The van der Waals surface area contributed by atoms with Gasteiger partial charge in [0, 0.05) is 12.8 Å². The van der Waals surface area contributed by atoms with Crippen molar-refractivity contribution in [3.05, 3.63) is 36.5 Å². The van der Waals surface area contributed by atoms with E-state index in [4.69, 9.17) is 9.47 Å². The summed E-state index contributed by atoms with van der Waals surface area (Å²) < 4.78 is 10.1. The number of aliphatic hydroxyl groups is 3. The number of esters is 2. The van der Waals surface area contributed by atoms with Crippen molar-refractivity contribution < 1.29 is 34.4 Å². The van der Waals surface area contributed by atoms with Gasteiger partial charge in [-0.05, 0) is 51.4 Å². The molecule has 7 nitrogen and oxygen atoms in total. The summed E-state index contributed by atoms with van der Waals surface area (Å²) in [6.45, 7) is 3.98. The van der Waals surface area contributed by atoms with Crippen molar-refractivity contribution in [1.29, 1.82) is 0 Å². The maximum atomic E-state index is 11.9. The second-order valence-electron chi connectivity index (χ2n) is 11.6. The number of carbonyl (C=O) groups is 2. The Morgan fingerprint density at radius 1 is 0.558 bits per heavy atom. The molecule has 0 saturated heterocycles. The van der Waals surface area contributed by atoms with E-state index in [0.717, 1.165) is 38.5 Å². The topological polar surface area (TPSA) is 113 Å². The van der Waals surface area contributed by atoms with Gasteiger partial charge in [-0.25, -0.2) is 0 Å². The number of allylic oxidation sites excluding steroid dienone is 5. The van der Waals surface area contributed by atoms with E-state index in [1.807, 2.05) is 12.2 Å². The van der Waals surface area contributed by atoms with Crippen LogP contribution in [-0.2, 0) is 19.1 Å². The van der Waals surface area contributed by atoms with Gasteiger partial charge in [0.15, 0.2) is 0 Å². The Morgan fingerprint density at radius 3 is 1.60 bits per heavy atom. The van der Waals surface area contributed by atoms with Crippen LogP contribution in [-0.4, -0.2) is 58.8 Å². The highest BCUT2D eigenvalue weighted by atomic mass is 16.6. The van der Waals surface area contributed by atoms with Crippen LogP contribution >= 0.6 is 0 Å². The zero-order valence-electron chi connectivity index (χ0n) is 27.4. The highest BCUT2D eigenvalue weighted by Crippen LogP contribution is 2.12. The van der Waals surface area contributed by atoms with E-state index in [1.54, 1.807) is 0 Å². The van der Waals surface area contributed by atoms with E-state index in [9.17, 15) is 24.9 Å². The summed E-state index contributed by atoms with van der Waals surface area (Å²) in [7, 11) is 0. The number of unbranched alkanes of at least 4 members (excludes halogenated alkanes) is 12. The van der Waals surface area contributed by atoms with Gasteiger partial charge in [-0.3, -0.25) is 9.59 Å². The number of hydrogen-bond acceptors (Lipinski definition) is 7. The number of carbonyl (C=O) groups excluding carboxylic acids is 2. The summed E-state index contributed by atoms with van der Waals surface area (Å²) in [6.07, 6.45) is 29.5. The molecule has 0 spiro atoms. The lowest BCUT2D eigenvalue weighted by Crippen LogP contribution is -2.26. The SMILES string of the molecule is CCCCC/C=C\C/C=C\C/C=C\CC(O)C(O)CCCC(=O)OC[C@@H](O)COC(=O)CCCCCCCCCCCC. The second kappa shape index (κ2) is 31.5. The standard InChI is InChI=1S/C36H64O7/c1-3-5-7-9-11-13-15-16-17-19-21-23-26-33(38)34(39)27-25-29-36(41)43-31-32(37)30-42-35(40)28-24-22-20-18-14-12-10-8-6-4-2/h11,13,16-17,21,23,32-34,37-39H,3-10,12,14-15,18-20,22,24-31H2,1-2H3/b13-11-,17-16-,23-21-/t32-,33?,34?/m0/s1. The third-order valence-corrected chi connectivity index (χ3v) is 7.33. The Hall–Kier alpha value is -1.96. The zero-order chi connectivity index (χ0) is 31.8. The molecule has 3 N–H and O–H groups in total. The fourth-order valence-corrected chi connectivity index (χ4v) is 4.54. The Morgan fingerprint density at radius 2 is 1.02 bits per heavy atom. The monoisotopic (exact) mass is 608 g/mol. The Kier molecular flexibility index (Phi) is 30.0. The molecule has 7 heteroatoms. The molecule has 0 aromatic rings. The summed E-state index contributed by atoms with van der Waals surface area (Å²) in [5.74, 6) is -0.843. The Balaban J connectivity index is 3.75. The van der Waals surface area contributed by atoms with Crippen molar-refractivity contribution in [3.63, 3.8) is 0 Å². The lowest BCUT2D eigenvalue weighted by atomic mass is 10.0. The first-order valence-electron chi connectivity index (χ1n) is 17.2. The fourth-order valence-electron chi connectivity index (χ4n) is 4.54. The average Bonchev–Trinajstić information content (AvgIpc) is 3.00. The summed E-state index contributed by atoms with van der Waals surface area (Å²) in [6, 6.07) is 0. The molecule has 0 aliphatic heterocycles. The zero-order valence-corrected chi connectivity index (χ0v) is 27.4. The third-order valence-electron chi connectivity index (χ3n) is 7.33. The molecule has 0 aliphatic carbocycles.